The molecule has 1 saturated carbocycles. The van der Waals surface area contributed by atoms with Gasteiger partial charge in [-0.15, -0.1) is 0 Å². The van der Waals surface area contributed by atoms with Crippen LogP contribution in [0.3, 0.4) is 0 Å². The second-order valence-electron chi connectivity index (χ2n) is 8.31. The van der Waals surface area contributed by atoms with E-state index >= 15 is 0 Å². The molecule has 0 radical (unpaired) electrons. The molecule has 4 rings (SSSR count). The predicted molar refractivity (Wildman–Crippen MR) is 125 cm³/mol. The molecule has 2 heterocycles. The van der Waals surface area contributed by atoms with Crippen molar-refractivity contribution < 1.29 is 4.74 Å². The SMILES string of the molecule is Cc1cc(N2CCOCC2)nc(NC(=S)NCC2(c3ccccc3)CCCCC2)n1. The zero-order valence-electron chi connectivity index (χ0n) is 17.7. The maximum absolute atomic E-state index is 5.61. The fourth-order valence-electron chi connectivity index (χ4n) is 4.55. The van der Waals surface area contributed by atoms with Gasteiger partial charge in [0.25, 0.3) is 0 Å². The van der Waals surface area contributed by atoms with Gasteiger partial charge in [-0.05, 0) is 37.5 Å². The van der Waals surface area contributed by atoms with Gasteiger partial charge in [0.05, 0.1) is 13.2 Å². The summed E-state index contributed by atoms with van der Waals surface area (Å²) >= 11 is 5.61. The first kappa shape index (κ1) is 21.0. The van der Waals surface area contributed by atoms with Crippen LogP contribution in [0.15, 0.2) is 36.4 Å². The summed E-state index contributed by atoms with van der Waals surface area (Å²) in [6, 6.07) is 12.9. The Kier molecular flexibility index (Phi) is 6.79. The lowest BCUT2D eigenvalue weighted by Gasteiger charge is -2.38. The van der Waals surface area contributed by atoms with Crippen LogP contribution in [-0.2, 0) is 10.2 Å². The molecule has 1 aromatic heterocycles. The zero-order chi connectivity index (χ0) is 20.8. The molecule has 2 N–H and O–H groups in total. The molecule has 1 saturated heterocycles. The Morgan fingerprint density at radius 3 is 2.57 bits per heavy atom. The van der Waals surface area contributed by atoms with Crippen molar-refractivity contribution in [3.63, 3.8) is 0 Å². The molecular weight excluding hydrogens is 394 g/mol. The third kappa shape index (κ3) is 5.08. The van der Waals surface area contributed by atoms with Crippen molar-refractivity contribution in [1.82, 2.24) is 15.3 Å². The van der Waals surface area contributed by atoms with Gasteiger partial charge in [0.1, 0.15) is 5.82 Å². The minimum Gasteiger partial charge on any atom is -0.378 e. The van der Waals surface area contributed by atoms with Crippen molar-refractivity contribution in [2.45, 2.75) is 44.4 Å². The number of morpholine rings is 1. The second kappa shape index (κ2) is 9.71. The number of nitrogens with zero attached hydrogens (tertiary/aromatic N) is 3. The first-order valence-corrected chi connectivity index (χ1v) is 11.3. The molecule has 1 aliphatic carbocycles. The third-order valence-electron chi connectivity index (χ3n) is 6.19. The quantitative estimate of drug-likeness (QED) is 0.706. The number of aryl methyl sites for hydroxylation is 1. The van der Waals surface area contributed by atoms with Crippen molar-refractivity contribution in [1.29, 1.82) is 0 Å². The van der Waals surface area contributed by atoms with Gasteiger partial charge >= 0.3 is 0 Å². The molecule has 0 unspecified atom stereocenters. The number of ether oxygens (including phenoxy) is 1. The average Bonchev–Trinajstić information content (AvgIpc) is 2.79. The maximum atomic E-state index is 5.61. The van der Waals surface area contributed by atoms with Gasteiger partial charge in [0.2, 0.25) is 5.95 Å². The largest absolute Gasteiger partial charge is 0.378 e. The predicted octanol–water partition coefficient (Wildman–Crippen LogP) is 3.81. The minimum absolute atomic E-state index is 0.137. The molecule has 1 aliphatic heterocycles. The summed E-state index contributed by atoms with van der Waals surface area (Å²) in [5.41, 5.74) is 2.46. The van der Waals surface area contributed by atoms with E-state index in [0.717, 1.165) is 44.4 Å². The van der Waals surface area contributed by atoms with Crippen LogP contribution >= 0.6 is 12.2 Å². The van der Waals surface area contributed by atoms with Crippen LogP contribution < -0.4 is 15.5 Å². The van der Waals surface area contributed by atoms with Crippen molar-refractivity contribution in [2.24, 2.45) is 0 Å². The topological polar surface area (TPSA) is 62.3 Å². The number of benzene rings is 1. The Hall–Kier alpha value is -2.25. The number of anilines is 2. The first-order valence-electron chi connectivity index (χ1n) is 10.9. The van der Waals surface area contributed by atoms with Crippen molar-refractivity contribution in [3.05, 3.63) is 47.7 Å². The summed E-state index contributed by atoms with van der Waals surface area (Å²) < 4.78 is 5.45. The molecule has 7 heteroatoms. The van der Waals surface area contributed by atoms with E-state index in [2.05, 4.69) is 55.8 Å². The standard InChI is InChI=1S/C23H31N5OS/c1-18-16-20(28-12-14-29-15-13-28)26-21(25-18)27-22(30)24-17-23(10-6-3-7-11-23)19-8-4-2-5-9-19/h2,4-5,8-9,16H,3,6-7,10-15,17H2,1H3,(H2,24,25,26,27,30). The van der Waals surface area contributed by atoms with Crippen LogP contribution in [0.4, 0.5) is 11.8 Å². The Balaban J connectivity index is 1.42. The zero-order valence-corrected chi connectivity index (χ0v) is 18.5. The maximum Gasteiger partial charge on any atom is 0.231 e. The van der Waals surface area contributed by atoms with E-state index < -0.39 is 0 Å². The van der Waals surface area contributed by atoms with Gasteiger partial charge in [-0.2, -0.15) is 4.98 Å². The summed E-state index contributed by atoms with van der Waals surface area (Å²) in [5.74, 6) is 1.47. The van der Waals surface area contributed by atoms with Crippen LogP contribution in [0, 0.1) is 6.92 Å². The van der Waals surface area contributed by atoms with E-state index in [1.807, 2.05) is 13.0 Å². The van der Waals surface area contributed by atoms with Crippen molar-refractivity contribution in [2.75, 3.05) is 43.1 Å². The molecule has 1 aromatic carbocycles. The number of nitrogens with one attached hydrogen (secondary N) is 2. The molecule has 0 bridgehead atoms. The van der Waals surface area contributed by atoms with E-state index in [4.69, 9.17) is 17.0 Å². The third-order valence-corrected chi connectivity index (χ3v) is 6.43. The highest BCUT2D eigenvalue weighted by molar-refractivity contribution is 7.80. The summed E-state index contributed by atoms with van der Waals surface area (Å²) in [5, 5.41) is 7.25. The number of aromatic nitrogens is 2. The summed E-state index contributed by atoms with van der Waals surface area (Å²) in [4.78, 5) is 11.4. The van der Waals surface area contributed by atoms with Gasteiger partial charge in [-0.1, -0.05) is 49.6 Å². The van der Waals surface area contributed by atoms with Gasteiger partial charge in [0.15, 0.2) is 5.11 Å². The smallest absolute Gasteiger partial charge is 0.231 e. The molecule has 2 fully saturated rings. The summed E-state index contributed by atoms with van der Waals surface area (Å²) in [6.07, 6.45) is 6.23. The van der Waals surface area contributed by atoms with Crippen molar-refractivity contribution >= 4 is 29.1 Å². The van der Waals surface area contributed by atoms with E-state index in [0.29, 0.717) is 11.1 Å². The molecule has 6 nitrogen and oxygen atoms in total. The normalized spacial score (nSPS) is 18.6. The highest BCUT2D eigenvalue weighted by Gasteiger charge is 2.33. The Morgan fingerprint density at radius 2 is 1.83 bits per heavy atom. The summed E-state index contributed by atoms with van der Waals surface area (Å²) in [6.45, 7) is 5.96. The molecule has 2 aliphatic rings. The van der Waals surface area contributed by atoms with E-state index in [9.17, 15) is 0 Å². The van der Waals surface area contributed by atoms with Crippen molar-refractivity contribution in [3.8, 4) is 0 Å². The monoisotopic (exact) mass is 425 g/mol. The molecule has 160 valence electrons. The van der Waals surface area contributed by atoms with Crippen LogP contribution in [0.2, 0.25) is 0 Å². The van der Waals surface area contributed by atoms with Gasteiger partial charge in [-0.3, -0.25) is 0 Å². The second-order valence-corrected chi connectivity index (χ2v) is 8.71. The molecular formula is C23H31N5OS. The number of thiocarbonyl (C=S) groups is 1. The van der Waals surface area contributed by atoms with E-state index in [1.165, 1.54) is 37.7 Å². The lowest BCUT2D eigenvalue weighted by Crippen LogP contribution is -2.43. The van der Waals surface area contributed by atoms with Crippen LogP contribution in [0.25, 0.3) is 0 Å². The van der Waals surface area contributed by atoms with Gasteiger partial charge in [-0.25, -0.2) is 4.98 Å². The summed E-state index contributed by atoms with van der Waals surface area (Å²) in [7, 11) is 0. The molecule has 0 spiro atoms. The lowest BCUT2D eigenvalue weighted by atomic mass is 9.69. The van der Waals surface area contributed by atoms with Crippen LogP contribution in [0.1, 0.15) is 43.4 Å². The Labute approximate surface area is 184 Å². The van der Waals surface area contributed by atoms with Gasteiger partial charge in [0, 0.05) is 36.8 Å². The number of rotatable bonds is 5. The highest BCUT2D eigenvalue weighted by atomic mass is 32.1. The lowest BCUT2D eigenvalue weighted by molar-refractivity contribution is 0.122. The first-order chi connectivity index (χ1) is 14.6. The number of hydrogen-bond donors (Lipinski definition) is 2. The molecule has 0 amide bonds. The fourth-order valence-corrected chi connectivity index (χ4v) is 4.71. The Morgan fingerprint density at radius 1 is 1.10 bits per heavy atom. The van der Waals surface area contributed by atoms with Crippen LogP contribution in [-0.4, -0.2) is 47.9 Å². The number of hydrogen-bond acceptors (Lipinski definition) is 5. The highest BCUT2D eigenvalue weighted by Crippen LogP contribution is 2.38. The molecule has 2 aromatic rings. The minimum atomic E-state index is 0.137. The average molecular weight is 426 g/mol. The van der Waals surface area contributed by atoms with E-state index in [-0.39, 0.29) is 5.41 Å². The van der Waals surface area contributed by atoms with Crippen LogP contribution in [0.5, 0.6) is 0 Å². The molecule has 0 atom stereocenters. The van der Waals surface area contributed by atoms with Gasteiger partial charge < -0.3 is 20.3 Å². The Bertz CT molecular complexity index is 848. The van der Waals surface area contributed by atoms with E-state index in [1.54, 1.807) is 0 Å². The molecule has 30 heavy (non-hydrogen) atoms. The fraction of sp³-hybridized carbons (Fsp3) is 0.522.